The second-order valence-corrected chi connectivity index (χ2v) is 5.69. The number of allylic oxidation sites excluding steroid dienone is 5. The molecule has 114 valence electrons. The van der Waals surface area contributed by atoms with E-state index in [9.17, 15) is 0 Å². The third-order valence-corrected chi connectivity index (χ3v) is 3.88. The molecule has 1 nitrogen and oxygen atoms in total. The molecule has 0 aliphatic heterocycles. The molecule has 0 amide bonds. The second-order valence-electron chi connectivity index (χ2n) is 5.69. The normalized spacial score (nSPS) is 13.1. The Morgan fingerprint density at radius 3 is 2.76 bits per heavy atom. The molecule has 0 heterocycles. The maximum atomic E-state index is 5.70. The zero-order valence-electron chi connectivity index (χ0n) is 13.7. The topological polar surface area (TPSA) is 26.0 Å². The van der Waals surface area contributed by atoms with Crippen LogP contribution in [0.25, 0.3) is 5.57 Å². The van der Waals surface area contributed by atoms with Crippen molar-refractivity contribution >= 4 is 5.57 Å². The van der Waals surface area contributed by atoms with Gasteiger partial charge in [-0.1, -0.05) is 62.9 Å². The third-order valence-electron chi connectivity index (χ3n) is 3.88. The fourth-order valence-corrected chi connectivity index (χ4v) is 2.30. The summed E-state index contributed by atoms with van der Waals surface area (Å²) in [6, 6.07) is 6.50. The van der Waals surface area contributed by atoms with Crippen LogP contribution in [0.4, 0.5) is 0 Å². The lowest BCUT2D eigenvalue weighted by Gasteiger charge is -2.13. The van der Waals surface area contributed by atoms with E-state index in [1.54, 1.807) is 0 Å². The fourth-order valence-electron chi connectivity index (χ4n) is 2.30. The van der Waals surface area contributed by atoms with Gasteiger partial charge in [0, 0.05) is 0 Å². The minimum atomic E-state index is 0.579. The minimum Gasteiger partial charge on any atom is -0.330 e. The number of benzene rings is 1. The van der Waals surface area contributed by atoms with Crippen molar-refractivity contribution < 1.29 is 0 Å². The van der Waals surface area contributed by atoms with E-state index in [4.69, 9.17) is 5.73 Å². The molecule has 0 aliphatic carbocycles. The molecule has 0 aliphatic rings. The van der Waals surface area contributed by atoms with E-state index >= 15 is 0 Å². The van der Waals surface area contributed by atoms with Gasteiger partial charge in [0.1, 0.15) is 0 Å². The van der Waals surface area contributed by atoms with E-state index in [1.807, 2.05) is 0 Å². The predicted molar refractivity (Wildman–Crippen MR) is 95.3 cm³/mol. The van der Waals surface area contributed by atoms with Gasteiger partial charge < -0.3 is 5.73 Å². The first-order valence-corrected chi connectivity index (χ1v) is 7.91. The van der Waals surface area contributed by atoms with Gasteiger partial charge in [-0.05, 0) is 60.9 Å². The highest BCUT2D eigenvalue weighted by Gasteiger charge is 2.07. The summed E-state index contributed by atoms with van der Waals surface area (Å²) in [5.41, 5.74) is 10.8. The van der Waals surface area contributed by atoms with Crippen LogP contribution in [0, 0.1) is 12.8 Å². The molecule has 0 fully saturated rings. The van der Waals surface area contributed by atoms with Gasteiger partial charge in [-0.15, -0.1) is 0 Å². The molecular weight excluding hydrogens is 254 g/mol. The van der Waals surface area contributed by atoms with Crippen LogP contribution in [-0.4, -0.2) is 6.54 Å². The lowest BCUT2D eigenvalue weighted by Crippen LogP contribution is -2.11. The zero-order chi connectivity index (χ0) is 15.7. The third kappa shape index (κ3) is 5.73. The van der Waals surface area contributed by atoms with Gasteiger partial charge in [0.2, 0.25) is 0 Å². The van der Waals surface area contributed by atoms with E-state index in [-0.39, 0.29) is 0 Å². The first-order chi connectivity index (χ1) is 10.1. The second kappa shape index (κ2) is 9.36. The Bertz CT molecular complexity index is 509. The number of nitrogens with two attached hydrogens (primary N) is 1. The Kier molecular flexibility index (Phi) is 7.78. The van der Waals surface area contributed by atoms with E-state index < -0.39 is 0 Å². The van der Waals surface area contributed by atoms with E-state index in [0.29, 0.717) is 5.92 Å². The molecule has 21 heavy (non-hydrogen) atoms. The number of hydrogen-bond acceptors (Lipinski definition) is 1. The van der Waals surface area contributed by atoms with Crippen molar-refractivity contribution in [3.05, 3.63) is 65.8 Å². The highest BCUT2D eigenvalue weighted by Crippen LogP contribution is 2.23. The molecule has 1 heteroatoms. The van der Waals surface area contributed by atoms with Gasteiger partial charge in [-0.25, -0.2) is 0 Å². The minimum absolute atomic E-state index is 0.579. The average Bonchev–Trinajstić information content (AvgIpc) is 2.50. The summed E-state index contributed by atoms with van der Waals surface area (Å²) in [6.45, 7) is 11.5. The largest absolute Gasteiger partial charge is 0.330 e. The van der Waals surface area contributed by atoms with Crippen LogP contribution in [0.2, 0.25) is 0 Å². The van der Waals surface area contributed by atoms with Crippen molar-refractivity contribution in [2.45, 2.75) is 40.0 Å². The SMILES string of the molecule is C=C(/C=C\C=C/CC)c1cccc(CCC(C)CN)c1C. The Balaban J connectivity index is 2.82. The molecule has 1 aromatic rings. The molecule has 0 radical (unpaired) electrons. The molecular formula is C20H29N. The van der Waals surface area contributed by atoms with Crippen molar-refractivity contribution in [2.24, 2.45) is 11.7 Å². The summed E-state index contributed by atoms with van der Waals surface area (Å²) in [6.07, 6.45) is 11.7. The molecule has 1 unspecified atom stereocenters. The van der Waals surface area contributed by atoms with Crippen LogP contribution in [0.15, 0.2) is 49.1 Å². The molecule has 1 atom stereocenters. The summed E-state index contributed by atoms with van der Waals surface area (Å²) in [5, 5.41) is 0. The number of aryl methyl sites for hydroxylation is 1. The fraction of sp³-hybridized carbons (Fsp3) is 0.400. The van der Waals surface area contributed by atoms with Crippen molar-refractivity contribution in [3.8, 4) is 0 Å². The van der Waals surface area contributed by atoms with Gasteiger partial charge >= 0.3 is 0 Å². The standard InChI is InChI=1S/C20H29N/c1-5-6-7-8-10-17(3)20-12-9-11-19(18(20)4)14-13-16(2)15-21/h6-12,16H,3,5,13-15,21H2,1-2,4H3/b7-6-,10-8-. The van der Waals surface area contributed by atoms with Crippen LogP contribution in [0.1, 0.15) is 43.4 Å². The van der Waals surface area contributed by atoms with E-state index in [1.165, 1.54) is 16.7 Å². The quantitative estimate of drug-likeness (QED) is 0.663. The molecule has 0 spiro atoms. The number of rotatable bonds is 8. The first kappa shape index (κ1) is 17.5. The molecule has 0 bridgehead atoms. The zero-order valence-corrected chi connectivity index (χ0v) is 13.7. The van der Waals surface area contributed by atoms with Crippen molar-refractivity contribution in [3.63, 3.8) is 0 Å². The van der Waals surface area contributed by atoms with E-state index in [0.717, 1.165) is 31.4 Å². The lowest BCUT2D eigenvalue weighted by atomic mass is 9.92. The summed E-state index contributed by atoms with van der Waals surface area (Å²) in [7, 11) is 0. The van der Waals surface area contributed by atoms with Crippen LogP contribution >= 0.6 is 0 Å². The van der Waals surface area contributed by atoms with Crippen molar-refractivity contribution in [2.75, 3.05) is 6.54 Å². The smallest absolute Gasteiger partial charge is 0.00514 e. The maximum absolute atomic E-state index is 5.70. The summed E-state index contributed by atoms with van der Waals surface area (Å²) in [4.78, 5) is 0. The maximum Gasteiger partial charge on any atom is -0.00514 e. The molecule has 0 saturated carbocycles. The Morgan fingerprint density at radius 1 is 1.33 bits per heavy atom. The first-order valence-electron chi connectivity index (χ1n) is 7.91. The summed E-state index contributed by atoms with van der Waals surface area (Å²) >= 11 is 0. The monoisotopic (exact) mass is 283 g/mol. The van der Waals surface area contributed by atoms with Gasteiger partial charge in [0.25, 0.3) is 0 Å². The van der Waals surface area contributed by atoms with Crippen LogP contribution in [0.5, 0.6) is 0 Å². The number of hydrogen-bond donors (Lipinski definition) is 1. The summed E-state index contributed by atoms with van der Waals surface area (Å²) < 4.78 is 0. The van der Waals surface area contributed by atoms with Gasteiger partial charge in [0.05, 0.1) is 0 Å². The van der Waals surface area contributed by atoms with Gasteiger partial charge in [-0.3, -0.25) is 0 Å². The van der Waals surface area contributed by atoms with Crippen molar-refractivity contribution in [1.82, 2.24) is 0 Å². The molecule has 1 aromatic carbocycles. The highest BCUT2D eigenvalue weighted by atomic mass is 14.5. The Hall–Kier alpha value is -1.60. The molecule has 1 rings (SSSR count). The predicted octanol–water partition coefficient (Wildman–Crippen LogP) is 5.06. The lowest BCUT2D eigenvalue weighted by molar-refractivity contribution is 0.544. The van der Waals surface area contributed by atoms with Crippen LogP contribution in [0.3, 0.4) is 0 Å². The Morgan fingerprint density at radius 2 is 2.10 bits per heavy atom. The molecule has 0 aromatic heterocycles. The van der Waals surface area contributed by atoms with Crippen molar-refractivity contribution in [1.29, 1.82) is 0 Å². The van der Waals surface area contributed by atoms with Gasteiger partial charge in [-0.2, -0.15) is 0 Å². The average molecular weight is 283 g/mol. The van der Waals surface area contributed by atoms with Crippen LogP contribution < -0.4 is 5.73 Å². The van der Waals surface area contributed by atoms with E-state index in [2.05, 4.69) is 69.9 Å². The molecule has 0 saturated heterocycles. The van der Waals surface area contributed by atoms with Gasteiger partial charge in [0.15, 0.2) is 0 Å². The summed E-state index contributed by atoms with van der Waals surface area (Å²) in [5.74, 6) is 0.579. The Labute approximate surface area is 130 Å². The highest BCUT2D eigenvalue weighted by molar-refractivity contribution is 5.75. The van der Waals surface area contributed by atoms with Crippen LogP contribution in [-0.2, 0) is 6.42 Å². The molecule has 2 N–H and O–H groups in total.